The molecule has 2 N–H and O–H groups in total. The monoisotopic (exact) mass is 213 g/mol. The number of hydrogen-bond acceptors (Lipinski definition) is 3. The lowest BCUT2D eigenvalue weighted by Gasteiger charge is -2.32. The molecule has 1 amide bonds. The van der Waals surface area contributed by atoms with Gasteiger partial charge in [-0.15, -0.1) is 0 Å². The fourth-order valence-electron chi connectivity index (χ4n) is 1.17. The Hall–Kier alpha value is -1.01. The molecule has 1 aliphatic rings. The number of nitrogens with one attached hydrogen (secondary N) is 1. The van der Waals surface area contributed by atoms with Gasteiger partial charge in [-0.1, -0.05) is 0 Å². The first-order chi connectivity index (χ1) is 6.74. The second-order valence-corrected chi connectivity index (χ2v) is 4.43. The molecule has 1 saturated heterocycles. The first kappa shape index (κ1) is 12.1. The number of amides is 1. The molecular formula is C9H16BNO4. The van der Waals surface area contributed by atoms with E-state index in [9.17, 15) is 4.79 Å². The summed E-state index contributed by atoms with van der Waals surface area (Å²) in [6.45, 7) is 7.74. The summed E-state index contributed by atoms with van der Waals surface area (Å²) in [5.41, 5.74) is -0.795. The molecule has 0 aromatic carbocycles. The Labute approximate surface area is 89.6 Å². The summed E-state index contributed by atoms with van der Waals surface area (Å²) < 4.78 is 11.2. The molecule has 0 atom stereocenters. The minimum absolute atomic E-state index is 0.398. The summed E-state index contributed by atoms with van der Waals surface area (Å²) in [7, 11) is -0.512. The van der Waals surface area contributed by atoms with Gasteiger partial charge in [0.1, 0.15) is 0 Å². The van der Waals surface area contributed by atoms with E-state index in [1.807, 2.05) is 27.7 Å². The molecule has 0 saturated carbocycles. The summed E-state index contributed by atoms with van der Waals surface area (Å²) in [6, 6.07) is 0. The van der Waals surface area contributed by atoms with Crippen LogP contribution in [0.15, 0.2) is 12.2 Å². The van der Waals surface area contributed by atoms with Crippen molar-refractivity contribution in [2.24, 2.45) is 0 Å². The molecule has 1 aliphatic heterocycles. The molecule has 1 fully saturated rings. The van der Waals surface area contributed by atoms with E-state index < -0.39 is 24.4 Å². The maximum atomic E-state index is 10.2. The van der Waals surface area contributed by atoms with Crippen molar-refractivity contribution in [2.75, 3.05) is 0 Å². The van der Waals surface area contributed by atoms with E-state index in [1.54, 1.807) is 0 Å². The summed E-state index contributed by atoms with van der Waals surface area (Å²) in [5, 5.41) is 10.5. The van der Waals surface area contributed by atoms with Gasteiger partial charge in [0.05, 0.1) is 11.2 Å². The molecule has 6 heteroatoms. The summed E-state index contributed by atoms with van der Waals surface area (Å²) in [5.74, 6) is 1.53. The number of carbonyl (C=O) groups is 1. The second kappa shape index (κ2) is 3.86. The smallest absolute Gasteiger partial charge is 0.465 e. The molecule has 5 nitrogen and oxygen atoms in total. The van der Waals surface area contributed by atoms with Crippen LogP contribution in [0.4, 0.5) is 4.79 Å². The Morgan fingerprint density at radius 3 is 2.13 bits per heavy atom. The Bertz CT molecular complexity index is 272. The normalized spacial score (nSPS) is 23.3. The number of hydrogen-bond donors (Lipinski definition) is 2. The molecule has 0 aromatic heterocycles. The van der Waals surface area contributed by atoms with E-state index in [4.69, 9.17) is 14.4 Å². The standard InChI is InChI=1S/C9H16BNO4/c1-8(2)9(3,4)15-10(14-8)5-6-11-7(12)13/h5-6,11H,1-4H3,(H,12,13)/b6-5+. The lowest BCUT2D eigenvalue weighted by Crippen LogP contribution is -2.41. The van der Waals surface area contributed by atoms with Gasteiger partial charge in [0, 0.05) is 0 Å². The predicted octanol–water partition coefficient (Wildman–Crippen LogP) is 1.40. The minimum atomic E-state index is -1.11. The first-order valence-corrected chi connectivity index (χ1v) is 4.76. The summed E-state index contributed by atoms with van der Waals surface area (Å²) >= 11 is 0. The molecule has 84 valence electrons. The maximum absolute atomic E-state index is 10.2. The quantitative estimate of drug-likeness (QED) is 0.680. The Morgan fingerprint density at radius 2 is 1.73 bits per heavy atom. The third kappa shape index (κ3) is 2.73. The zero-order chi connectivity index (χ0) is 11.7. The fraction of sp³-hybridized carbons (Fsp3) is 0.667. The molecule has 0 unspecified atom stereocenters. The van der Waals surface area contributed by atoms with Crippen LogP contribution in [0.5, 0.6) is 0 Å². The van der Waals surface area contributed by atoms with Crippen LogP contribution in [-0.4, -0.2) is 29.5 Å². The van der Waals surface area contributed by atoms with Gasteiger partial charge in [-0.25, -0.2) is 4.79 Å². The van der Waals surface area contributed by atoms with Gasteiger partial charge in [0.25, 0.3) is 0 Å². The molecule has 0 spiro atoms. The SMILES string of the molecule is CC1(C)OB(/C=C/NC(=O)O)OC1(C)C. The van der Waals surface area contributed by atoms with E-state index in [2.05, 4.69) is 5.32 Å². The van der Waals surface area contributed by atoms with Crippen molar-refractivity contribution in [3.05, 3.63) is 12.2 Å². The average Bonchev–Trinajstić information content (AvgIpc) is 2.19. The fourth-order valence-corrected chi connectivity index (χ4v) is 1.17. The third-order valence-corrected chi connectivity index (χ3v) is 2.73. The molecule has 0 radical (unpaired) electrons. The van der Waals surface area contributed by atoms with Crippen LogP contribution in [0.3, 0.4) is 0 Å². The van der Waals surface area contributed by atoms with E-state index >= 15 is 0 Å². The lowest BCUT2D eigenvalue weighted by molar-refractivity contribution is 0.00578. The summed E-state index contributed by atoms with van der Waals surface area (Å²) in [6.07, 6.45) is 0.188. The van der Waals surface area contributed by atoms with Crippen LogP contribution in [0.25, 0.3) is 0 Å². The van der Waals surface area contributed by atoms with Crippen LogP contribution in [0.2, 0.25) is 0 Å². The molecule has 0 aromatic rings. The van der Waals surface area contributed by atoms with E-state index in [-0.39, 0.29) is 0 Å². The number of rotatable bonds is 2. The van der Waals surface area contributed by atoms with Crippen LogP contribution in [0.1, 0.15) is 27.7 Å². The topological polar surface area (TPSA) is 67.8 Å². The van der Waals surface area contributed by atoms with Crippen molar-refractivity contribution in [3.8, 4) is 0 Å². The van der Waals surface area contributed by atoms with Crippen LogP contribution >= 0.6 is 0 Å². The van der Waals surface area contributed by atoms with Crippen molar-refractivity contribution in [3.63, 3.8) is 0 Å². The molecular weight excluding hydrogens is 197 g/mol. The van der Waals surface area contributed by atoms with Gasteiger partial charge in [-0.3, -0.25) is 5.32 Å². The van der Waals surface area contributed by atoms with Gasteiger partial charge >= 0.3 is 13.2 Å². The molecule has 1 rings (SSSR count). The van der Waals surface area contributed by atoms with E-state index in [0.29, 0.717) is 0 Å². The highest BCUT2D eigenvalue weighted by Crippen LogP contribution is 2.36. The molecule has 0 bridgehead atoms. The van der Waals surface area contributed by atoms with Crippen LogP contribution in [-0.2, 0) is 9.31 Å². The zero-order valence-electron chi connectivity index (χ0n) is 9.40. The Morgan fingerprint density at radius 1 is 1.27 bits per heavy atom. The van der Waals surface area contributed by atoms with Crippen molar-refractivity contribution < 1.29 is 19.2 Å². The highest BCUT2D eigenvalue weighted by atomic mass is 16.7. The van der Waals surface area contributed by atoms with Gasteiger partial charge < -0.3 is 14.4 Å². The van der Waals surface area contributed by atoms with Crippen LogP contribution in [0, 0.1) is 0 Å². The molecule has 15 heavy (non-hydrogen) atoms. The Balaban J connectivity index is 2.56. The zero-order valence-corrected chi connectivity index (χ0v) is 9.40. The van der Waals surface area contributed by atoms with Crippen molar-refractivity contribution in [1.29, 1.82) is 0 Å². The molecule has 1 heterocycles. The minimum Gasteiger partial charge on any atom is -0.465 e. The van der Waals surface area contributed by atoms with Crippen molar-refractivity contribution in [2.45, 2.75) is 38.9 Å². The van der Waals surface area contributed by atoms with E-state index in [1.165, 1.54) is 12.2 Å². The summed E-state index contributed by atoms with van der Waals surface area (Å²) in [4.78, 5) is 10.2. The highest BCUT2D eigenvalue weighted by Gasteiger charge is 2.50. The van der Waals surface area contributed by atoms with Gasteiger partial charge in [-0.2, -0.15) is 0 Å². The highest BCUT2D eigenvalue weighted by molar-refractivity contribution is 6.51. The van der Waals surface area contributed by atoms with E-state index in [0.717, 1.165) is 0 Å². The Kier molecular flexibility index (Phi) is 3.11. The predicted molar refractivity (Wildman–Crippen MR) is 56.4 cm³/mol. The lowest BCUT2D eigenvalue weighted by atomic mass is 9.90. The van der Waals surface area contributed by atoms with Crippen molar-refractivity contribution in [1.82, 2.24) is 5.32 Å². The van der Waals surface area contributed by atoms with Crippen molar-refractivity contribution >= 4 is 13.2 Å². The van der Waals surface area contributed by atoms with Crippen LogP contribution < -0.4 is 5.32 Å². The molecule has 0 aliphatic carbocycles. The largest absolute Gasteiger partial charge is 0.488 e. The maximum Gasteiger partial charge on any atom is 0.488 e. The van der Waals surface area contributed by atoms with Gasteiger partial charge in [0.15, 0.2) is 0 Å². The van der Waals surface area contributed by atoms with Gasteiger partial charge in [-0.05, 0) is 39.9 Å². The number of carboxylic acid groups (broad SMARTS) is 1. The first-order valence-electron chi connectivity index (χ1n) is 4.76. The average molecular weight is 213 g/mol. The van der Waals surface area contributed by atoms with Gasteiger partial charge in [0.2, 0.25) is 0 Å². The third-order valence-electron chi connectivity index (χ3n) is 2.73. The second-order valence-electron chi connectivity index (χ2n) is 4.43.